The fourth-order valence-corrected chi connectivity index (χ4v) is 9.48. The molecule has 3 heteroatoms. The summed E-state index contributed by atoms with van der Waals surface area (Å²) >= 11 is 0. The normalized spacial score (nSPS) is 46.1. The highest BCUT2D eigenvalue weighted by Gasteiger charge is 2.61. The van der Waals surface area contributed by atoms with Crippen molar-refractivity contribution in [3.8, 4) is 0 Å². The second kappa shape index (κ2) is 8.90. The van der Waals surface area contributed by atoms with Crippen LogP contribution in [0.25, 0.3) is 0 Å². The molecular formula is C28H49NO2. The zero-order valence-corrected chi connectivity index (χ0v) is 19.8. The van der Waals surface area contributed by atoms with Crippen molar-refractivity contribution in [3.05, 3.63) is 0 Å². The average Bonchev–Trinajstić information content (AvgIpc) is 3.02. The van der Waals surface area contributed by atoms with Crippen molar-refractivity contribution in [2.45, 2.75) is 105 Å². The molecule has 1 heterocycles. The molecule has 0 spiro atoms. The number of carbonyl (C=O) groups excluding carboxylic acids is 1. The van der Waals surface area contributed by atoms with E-state index in [1.54, 1.807) is 0 Å². The van der Waals surface area contributed by atoms with Crippen molar-refractivity contribution in [1.82, 2.24) is 4.90 Å². The molecule has 0 aromatic carbocycles. The van der Waals surface area contributed by atoms with Gasteiger partial charge in [0.15, 0.2) is 0 Å². The number of ether oxygens (including phenoxy) is 1. The van der Waals surface area contributed by atoms with Crippen LogP contribution >= 0.6 is 0 Å². The highest BCUT2D eigenvalue weighted by Crippen LogP contribution is 2.69. The molecule has 6 unspecified atom stereocenters. The predicted molar refractivity (Wildman–Crippen MR) is 128 cm³/mol. The molecular weight excluding hydrogens is 382 g/mol. The molecule has 1 saturated heterocycles. The fraction of sp³-hybridized carbons (Fsp3) is 0.964. The van der Waals surface area contributed by atoms with Crippen LogP contribution in [-0.2, 0) is 4.74 Å². The number of amides is 1. The lowest BCUT2D eigenvalue weighted by Crippen LogP contribution is -2.55. The quantitative estimate of drug-likeness (QED) is 0.460. The van der Waals surface area contributed by atoms with Crippen LogP contribution in [0.1, 0.15) is 105 Å². The summed E-state index contributed by atoms with van der Waals surface area (Å²) in [5.41, 5.74) is 1.11. The van der Waals surface area contributed by atoms with Crippen LogP contribution in [0.5, 0.6) is 0 Å². The van der Waals surface area contributed by atoms with Gasteiger partial charge in [0.05, 0.1) is 6.61 Å². The summed E-state index contributed by atoms with van der Waals surface area (Å²) in [6, 6.07) is 0. The SMILES string of the molecule is C.CC[C@H]1CC2C3CCC(CCOC(=O)N4CCC4)C3(C)CC[C@@H]2C2(C)CCCCC12. The van der Waals surface area contributed by atoms with E-state index >= 15 is 0 Å². The molecule has 0 aromatic heterocycles. The van der Waals surface area contributed by atoms with Crippen molar-refractivity contribution >= 4 is 6.09 Å². The van der Waals surface area contributed by atoms with Gasteiger partial charge in [-0.05, 0) is 104 Å². The Balaban J connectivity index is 0.00000231. The summed E-state index contributed by atoms with van der Waals surface area (Å²) in [7, 11) is 0. The molecule has 4 aliphatic carbocycles. The Morgan fingerprint density at radius 1 is 0.935 bits per heavy atom. The third kappa shape index (κ3) is 3.74. The fourth-order valence-electron chi connectivity index (χ4n) is 9.48. The minimum absolute atomic E-state index is 0. The smallest absolute Gasteiger partial charge is 0.409 e. The van der Waals surface area contributed by atoms with Gasteiger partial charge in [0.25, 0.3) is 0 Å². The second-order valence-corrected chi connectivity index (χ2v) is 12.2. The first-order valence-electron chi connectivity index (χ1n) is 13.4. The summed E-state index contributed by atoms with van der Waals surface area (Å²) in [4.78, 5) is 13.9. The van der Waals surface area contributed by atoms with Crippen LogP contribution in [0.3, 0.4) is 0 Å². The lowest BCUT2D eigenvalue weighted by Gasteiger charge is -2.62. The number of rotatable bonds is 4. The third-order valence-corrected chi connectivity index (χ3v) is 11.3. The topological polar surface area (TPSA) is 29.5 Å². The zero-order valence-electron chi connectivity index (χ0n) is 19.8. The van der Waals surface area contributed by atoms with Crippen LogP contribution < -0.4 is 0 Å². The van der Waals surface area contributed by atoms with E-state index < -0.39 is 0 Å². The lowest BCUT2D eigenvalue weighted by atomic mass is 9.42. The van der Waals surface area contributed by atoms with Gasteiger partial charge in [-0.15, -0.1) is 0 Å². The Morgan fingerprint density at radius 2 is 1.71 bits per heavy atom. The van der Waals surface area contributed by atoms with Gasteiger partial charge in [0, 0.05) is 13.1 Å². The van der Waals surface area contributed by atoms with Crippen molar-refractivity contribution < 1.29 is 9.53 Å². The molecule has 1 amide bonds. The maximum absolute atomic E-state index is 12.1. The van der Waals surface area contributed by atoms with Crippen LogP contribution in [0.15, 0.2) is 0 Å². The van der Waals surface area contributed by atoms with Crippen molar-refractivity contribution in [1.29, 1.82) is 0 Å². The Kier molecular flexibility index (Phi) is 6.73. The maximum atomic E-state index is 12.1. The Hall–Kier alpha value is -0.730. The zero-order chi connectivity index (χ0) is 20.9. The molecule has 0 aromatic rings. The third-order valence-electron chi connectivity index (χ3n) is 11.3. The molecule has 5 fully saturated rings. The van der Waals surface area contributed by atoms with E-state index in [-0.39, 0.29) is 13.5 Å². The van der Waals surface area contributed by atoms with E-state index in [4.69, 9.17) is 4.74 Å². The van der Waals surface area contributed by atoms with E-state index in [2.05, 4.69) is 20.8 Å². The Morgan fingerprint density at radius 3 is 2.42 bits per heavy atom. The van der Waals surface area contributed by atoms with Crippen LogP contribution in [-0.4, -0.2) is 30.7 Å². The number of likely N-dealkylation sites (tertiary alicyclic amines) is 1. The van der Waals surface area contributed by atoms with Crippen LogP contribution in [0, 0.1) is 46.3 Å². The molecule has 8 atom stereocenters. The molecule has 1 aliphatic heterocycles. The minimum atomic E-state index is -0.0704. The van der Waals surface area contributed by atoms with E-state index in [0.717, 1.165) is 61.4 Å². The number of fused-ring (bicyclic) bond motifs is 5. The van der Waals surface area contributed by atoms with Crippen molar-refractivity contribution in [3.63, 3.8) is 0 Å². The highest BCUT2D eigenvalue weighted by molar-refractivity contribution is 5.68. The molecule has 5 rings (SSSR count). The molecule has 3 nitrogen and oxygen atoms in total. The first-order chi connectivity index (χ1) is 14.5. The summed E-state index contributed by atoms with van der Waals surface area (Å²) in [6.45, 7) is 10.2. The number of hydrogen-bond acceptors (Lipinski definition) is 2. The monoisotopic (exact) mass is 431 g/mol. The molecule has 4 saturated carbocycles. The van der Waals surface area contributed by atoms with Gasteiger partial charge in [0.1, 0.15) is 0 Å². The predicted octanol–water partition coefficient (Wildman–Crippen LogP) is 7.54. The van der Waals surface area contributed by atoms with E-state index in [9.17, 15) is 4.79 Å². The van der Waals surface area contributed by atoms with Gasteiger partial charge in [-0.3, -0.25) is 0 Å². The maximum Gasteiger partial charge on any atom is 0.409 e. The lowest BCUT2D eigenvalue weighted by molar-refractivity contribution is -0.136. The standard InChI is InChI=1S/C27H45NO2.CH4/c1-4-19-18-21-23-10-9-20(12-17-30-25(29)28-15-7-16-28)26(23,2)14-11-24(21)27(3)13-6-5-8-22(19)27;/h19-24H,4-18H2,1-3H3;1H4/t19-,20?,21?,22?,23?,24-,26?,27?;/m0./s1. The van der Waals surface area contributed by atoms with E-state index in [0.29, 0.717) is 17.4 Å². The number of hydrogen-bond donors (Lipinski definition) is 0. The summed E-state index contributed by atoms with van der Waals surface area (Å²) < 4.78 is 5.65. The molecule has 0 N–H and O–H groups in total. The number of carbonyl (C=O) groups is 1. The molecule has 5 aliphatic rings. The Labute approximate surface area is 192 Å². The first-order valence-corrected chi connectivity index (χ1v) is 13.4. The van der Waals surface area contributed by atoms with Gasteiger partial charge in [-0.2, -0.15) is 0 Å². The minimum Gasteiger partial charge on any atom is -0.449 e. The largest absolute Gasteiger partial charge is 0.449 e. The molecule has 0 radical (unpaired) electrons. The van der Waals surface area contributed by atoms with Gasteiger partial charge in [-0.25, -0.2) is 4.79 Å². The summed E-state index contributed by atoms with van der Waals surface area (Å²) in [5, 5.41) is 0. The second-order valence-electron chi connectivity index (χ2n) is 12.2. The first kappa shape index (κ1) is 23.4. The summed E-state index contributed by atoms with van der Waals surface area (Å²) in [6.07, 6.45) is 16.7. The molecule has 31 heavy (non-hydrogen) atoms. The molecule has 0 bridgehead atoms. The van der Waals surface area contributed by atoms with Crippen molar-refractivity contribution in [2.24, 2.45) is 46.3 Å². The number of nitrogens with zero attached hydrogens (tertiary/aromatic N) is 1. The average molecular weight is 432 g/mol. The van der Waals surface area contributed by atoms with Crippen LogP contribution in [0.2, 0.25) is 0 Å². The van der Waals surface area contributed by atoms with E-state index in [1.165, 1.54) is 64.2 Å². The van der Waals surface area contributed by atoms with Gasteiger partial charge < -0.3 is 9.64 Å². The Bertz CT molecular complexity index is 645. The summed E-state index contributed by atoms with van der Waals surface area (Å²) in [5.74, 6) is 5.58. The van der Waals surface area contributed by atoms with Crippen molar-refractivity contribution in [2.75, 3.05) is 19.7 Å². The van der Waals surface area contributed by atoms with Gasteiger partial charge >= 0.3 is 6.09 Å². The highest BCUT2D eigenvalue weighted by atomic mass is 16.6. The van der Waals surface area contributed by atoms with E-state index in [1.807, 2.05) is 4.90 Å². The van der Waals surface area contributed by atoms with Crippen LogP contribution in [0.4, 0.5) is 4.79 Å². The molecule has 178 valence electrons. The van der Waals surface area contributed by atoms with Gasteiger partial charge in [0.2, 0.25) is 0 Å². The van der Waals surface area contributed by atoms with Gasteiger partial charge in [-0.1, -0.05) is 47.5 Å².